The number of benzene rings is 1. The first-order valence-corrected chi connectivity index (χ1v) is 11.4. The lowest BCUT2D eigenvalue weighted by Gasteiger charge is -2.17. The molecule has 2 rings (SSSR count). The van der Waals surface area contributed by atoms with Gasteiger partial charge in [0.1, 0.15) is 10.6 Å². The van der Waals surface area contributed by atoms with Crippen LogP contribution >= 0.6 is 0 Å². The molecule has 0 fully saturated rings. The first-order valence-electron chi connectivity index (χ1n) is 9.95. The smallest absolute Gasteiger partial charge is 0.355 e. The highest BCUT2D eigenvalue weighted by Gasteiger charge is 2.26. The zero-order valence-corrected chi connectivity index (χ0v) is 19.6. The van der Waals surface area contributed by atoms with Crippen molar-refractivity contribution in [2.75, 3.05) is 33.9 Å². The van der Waals surface area contributed by atoms with E-state index >= 15 is 0 Å². The van der Waals surface area contributed by atoms with E-state index in [1.165, 1.54) is 59.4 Å². The van der Waals surface area contributed by atoms with Gasteiger partial charge in [-0.1, -0.05) is 19.9 Å². The van der Waals surface area contributed by atoms with Crippen molar-refractivity contribution >= 4 is 21.9 Å². The number of rotatable bonds is 10. The van der Waals surface area contributed by atoms with E-state index in [1.54, 1.807) is 19.9 Å². The van der Waals surface area contributed by atoms with Crippen LogP contribution in [0.4, 0.5) is 4.39 Å². The second-order valence-corrected chi connectivity index (χ2v) is 8.99. The van der Waals surface area contributed by atoms with Gasteiger partial charge in [-0.05, 0) is 23.8 Å². The molecule has 0 atom stereocenters. The molecule has 0 bridgehead atoms. The Bertz CT molecular complexity index is 1080. The summed E-state index contributed by atoms with van der Waals surface area (Å²) in [6, 6.07) is 5.57. The number of carbonyl (C=O) groups excluding carboxylic acids is 2. The molecular formula is C21H28FN3O6S. The zero-order valence-electron chi connectivity index (χ0n) is 18.8. The monoisotopic (exact) mass is 469 g/mol. The van der Waals surface area contributed by atoms with Crippen LogP contribution in [-0.4, -0.2) is 67.9 Å². The maximum absolute atomic E-state index is 13.8. The lowest BCUT2D eigenvalue weighted by molar-refractivity contribution is -0.133. The molecular weight excluding hydrogens is 441 g/mol. The summed E-state index contributed by atoms with van der Waals surface area (Å²) in [6.45, 7) is 3.60. The SMILES string of the molecule is CCN(CC)S(=O)(=O)c1cc(C(=O)OCC(=O)N(C)Cc2ccc(OC)c(F)c2)n(C)c1. The van der Waals surface area contributed by atoms with Crippen molar-refractivity contribution in [2.45, 2.75) is 25.3 Å². The fourth-order valence-corrected chi connectivity index (χ4v) is 4.60. The van der Waals surface area contributed by atoms with Crippen molar-refractivity contribution in [1.82, 2.24) is 13.8 Å². The van der Waals surface area contributed by atoms with Crippen molar-refractivity contribution in [3.8, 4) is 5.75 Å². The minimum Gasteiger partial charge on any atom is -0.494 e. The first-order chi connectivity index (χ1) is 15.0. The summed E-state index contributed by atoms with van der Waals surface area (Å²) in [5.74, 6) is -1.77. The highest BCUT2D eigenvalue weighted by molar-refractivity contribution is 7.89. The molecule has 0 radical (unpaired) electrons. The van der Waals surface area contributed by atoms with Crippen LogP contribution in [0.25, 0.3) is 0 Å². The Morgan fingerprint density at radius 2 is 1.81 bits per heavy atom. The van der Waals surface area contributed by atoms with E-state index in [9.17, 15) is 22.4 Å². The summed E-state index contributed by atoms with van der Waals surface area (Å²) in [5.41, 5.74) is 0.544. The number of aromatic nitrogens is 1. The molecule has 0 aliphatic rings. The lowest BCUT2D eigenvalue weighted by atomic mass is 10.2. The van der Waals surface area contributed by atoms with Crippen LogP contribution in [0, 0.1) is 5.82 Å². The predicted octanol–water partition coefficient (Wildman–Crippen LogP) is 2.02. The van der Waals surface area contributed by atoms with Crippen LogP contribution in [0.3, 0.4) is 0 Å². The Kier molecular flexibility index (Phi) is 8.39. The summed E-state index contributed by atoms with van der Waals surface area (Å²) >= 11 is 0. The molecule has 0 unspecified atom stereocenters. The molecule has 1 aromatic heterocycles. The summed E-state index contributed by atoms with van der Waals surface area (Å²) in [6.07, 6.45) is 1.33. The van der Waals surface area contributed by atoms with Gasteiger partial charge >= 0.3 is 5.97 Å². The number of esters is 1. The molecule has 0 aliphatic heterocycles. The molecule has 176 valence electrons. The molecule has 1 amide bonds. The Hall–Kier alpha value is -2.92. The van der Waals surface area contributed by atoms with Gasteiger partial charge in [0, 0.05) is 39.9 Å². The first kappa shape index (κ1) is 25.3. The minimum atomic E-state index is -3.73. The van der Waals surface area contributed by atoms with Crippen LogP contribution in [-0.2, 0) is 33.1 Å². The van der Waals surface area contributed by atoms with Crippen molar-refractivity contribution < 1.29 is 31.9 Å². The molecule has 32 heavy (non-hydrogen) atoms. The van der Waals surface area contributed by atoms with E-state index in [1.807, 2.05) is 0 Å². The van der Waals surface area contributed by atoms with Crippen molar-refractivity contribution in [3.05, 3.63) is 47.5 Å². The number of halogens is 1. The van der Waals surface area contributed by atoms with Gasteiger partial charge in [-0.25, -0.2) is 17.6 Å². The van der Waals surface area contributed by atoms with Gasteiger partial charge in [-0.2, -0.15) is 4.31 Å². The number of methoxy groups -OCH3 is 1. The Morgan fingerprint density at radius 3 is 2.38 bits per heavy atom. The fourth-order valence-electron chi connectivity index (χ4n) is 3.07. The maximum atomic E-state index is 13.8. The number of amides is 1. The Labute approximate surface area is 187 Å². The van der Waals surface area contributed by atoms with Gasteiger partial charge in [0.25, 0.3) is 5.91 Å². The number of aryl methyl sites for hydroxylation is 1. The molecule has 9 nitrogen and oxygen atoms in total. The van der Waals surface area contributed by atoms with Crippen LogP contribution in [0.2, 0.25) is 0 Å². The van der Waals surface area contributed by atoms with Gasteiger partial charge < -0.3 is 18.9 Å². The highest BCUT2D eigenvalue weighted by Crippen LogP contribution is 2.20. The fraction of sp³-hybridized carbons (Fsp3) is 0.429. The molecule has 0 spiro atoms. The number of nitrogens with zero attached hydrogens (tertiary/aromatic N) is 3. The standard InChI is InChI=1S/C21H28FN3O6S/c1-6-25(7-2)32(28,29)16-11-18(23(3)13-16)21(27)31-14-20(26)24(4)12-15-8-9-19(30-5)17(22)10-15/h8-11,13H,6-7,12,14H2,1-5H3. The van der Waals surface area contributed by atoms with Gasteiger partial charge in [0.05, 0.1) is 7.11 Å². The number of carbonyl (C=O) groups is 2. The molecule has 0 aliphatic carbocycles. The topological polar surface area (TPSA) is 98.2 Å². The maximum Gasteiger partial charge on any atom is 0.355 e. The second-order valence-electron chi connectivity index (χ2n) is 7.06. The zero-order chi connectivity index (χ0) is 24.1. The third kappa shape index (κ3) is 5.65. The van der Waals surface area contributed by atoms with Gasteiger partial charge in [-0.15, -0.1) is 0 Å². The molecule has 0 N–H and O–H groups in total. The van der Waals surface area contributed by atoms with E-state index in [2.05, 4.69) is 0 Å². The summed E-state index contributed by atoms with van der Waals surface area (Å²) in [7, 11) is 0.637. The predicted molar refractivity (Wildman–Crippen MR) is 115 cm³/mol. The number of hydrogen-bond donors (Lipinski definition) is 0. The minimum absolute atomic E-state index is 0.00316. The van der Waals surface area contributed by atoms with E-state index in [-0.39, 0.29) is 22.9 Å². The number of hydrogen-bond acceptors (Lipinski definition) is 6. The molecule has 2 aromatic rings. The molecule has 11 heteroatoms. The average molecular weight is 470 g/mol. The van der Waals surface area contributed by atoms with E-state index in [0.29, 0.717) is 18.7 Å². The Balaban J connectivity index is 2.02. The van der Waals surface area contributed by atoms with Crippen molar-refractivity contribution in [3.63, 3.8) is 0 Å². The molecule has 0 saturated carbocycles. The molecule has 0 saturated heterocycles. The normalized spacial score (nSPS) is 11.5. The molecule has 1 heterocycles. The average Bonchev–Trinajstić information content (AvgIpc) is 3.15. The van der Waals surface area contributed by atoms with Crippen LogP contribution < -0.4 is 4.74 Å². The van der Waals surface area contributed by atoms with Crippen molar-refractivity contribution in [1.29, 1.82) is 0 Å². The molecule has 1 aromatic carbocycles. The highest BCUT2D eigenvalue weighted by atomic mass is 32.2. The quantitative estimate of drug-likeness (QED) is 0.494. The third-order valence-electron chi connectivity index (χ3n) is 4.92. The summed E-state index contributed by atoms with van der Waals surface area (Å²) in [5, 5.41) is 0. The van der Waals surface area contributed by atoms with E-state index in [4.69, 9.17) is 9.47 Å². The van der Waals surface area contributed by atoms with Gasteiger partial charge in [0.2, 0.25) is 10.0 Å². The summed E-state index contributed by atoms with van der Waals surface area (Å²) in [4.78, 5) is 26.0. The van der Waals surface area contributed by atoms with Crippen LogP contribution in [0.1, 0.15) is 29.9 Å². The van der Waals surface area contributed by atoms with Crippen LogP contribution in [0.15, 0.2) is 35.4 Å². The summed E-state index contributed by atoms with van der Waals surface area (Å²) < 4.78 is 51.7. The largest absolute Gasteiger partial charge is 0.494 e. The second kappa shape index (κ2) is 10.6. The number of sulfonamides is 1. The lowest BCUT2D eigenvalue weighted by Crippen LogP contribution is -2.31. The van der Waals surface area contributed by atoms with Gasteiger partial charge in [0.15, 0.2) is 18.2 Å². The number of ether oxygens (including phenoxy) is 2. The third-order valence-corrected chi connectivity index (χ3v) is 6.94. The number of likely N-dealkylation sites (N-methyl/N-ethyl adjacent to an activating group) is 1. The Morgan fingerprint density at radius 1 is 1.16 bits per heavy atom. The van der Waals surface area contributed by atoms with E-state index < -0.39 is 34.3 Å². The van der Waals surface area contributed by atoms with Crippen LogP contribution in [0.5, 0.6) is 5.75 Å². The van der Waals surface area contributed by atoms with Gasteiger partial charge in [-0.3, -0.25) is 4.79 Å². The van der Waals surface area contributed by atoms with E-state index in [0.717, 1.165) is 0 Å². The van der Waals surface area contributed by atoms with Crippen molar-refractivity contribution in [2.24, 2.45) is 7.05 Å².